The number of rotatable bonds is 0. The van der Waals surface area contributed by atoms with Gasteiger partial charge in [-0.05, 0) is 5.57 Å². The maximum atomic E-state index is 11.1. The van der Waals surface area contributed by atoms with Crippen molar-refractivity contribution in [2.75, 3.05) is 0 Å². The molecule has 2 heterocycles. The summed E-state index contributed by atoms with van der Waals surface area (Å²) < 4.78 is 0. The van der Waals surface area contributed by atoms with E-state index in [9.17, 15) is 4.79 Å². The number of nitrogens with zero attached hydrogens (tertiary/aromatic N) is 2. The van der Waals surface area contributed by atoms with Gasteiger partial charge in [-0.3, -0.25) is 4.79 Å². The number of aliphatic imine (C=N–C) groups is 2. The number of hydrogen-bond acceptors (Lipinski definition) is 3. The first-order valence-electron chi connectivity index (χ1n) is 3.41. The van der Waals surface area contributed by atoms with Gasteiger partial charge in [-0.2, -0.15) is 0 Å². The second-order valence-corrected chi connectivity index (χ2v) is 2.44. The maximum absolute atomic E-state index is 11.1. The van der Waals surface area contributed by atoms with E-state index in [4.69, 9.17) is 0 Å². The molecule has 0 bridgehead atoms. The smallest absolute Gasteiger partial charge is 0.272 e. The van der Waals surface area contributed by atoms with E-state index < -0.39 is 0 Å². The Hall–Kier alpha value is -1.45. The van der Waals surface area contributed by atoms with Gasteiger partial charge in [0.05, 0.1) is 6.34 Å². The van der Waals surface area contributed by atoms with E-state index in [1.807, 2.05) is 0 Å². The normalized spacial score (nSPS) is 27.5. The largest absolute Gasteiger partial charge is 0.361 e. The summed E-state index contributed by atoms with van der Waals surface area (Å²) in [5.41, 5.74) is 0.993. The van der Waals surface area contributed by atoms with Crippen LogP contribution in [0.1, 0.15) is 6.42 Å². The molecule has 1 unspecified atom stereocenters. The van der Waals surface area contributed by atoms with Crippen molar-refractivity contribution in [3.63, 3.8) is 0 Å². The quantitative estimate of drug-likeness (QED) is 0.521. The third-order valence-electron chi connectivity index (χ3n) is 1.72. The Morgan fingerprint density at radius 1 is 1.64 bits per heavy atom. The zero-order valence-corrected chi connectivity index (χ0v) is 5.82. The Morgan fingerprint density at radius 3 is 3.36 bits per heavy atom. The van der Waals surface area contributed by atoms with E-state index in [2.05, 4.69) is 15.3 Å². The average Bonchev–Trinajstić information content (AvgIpc) is 2.06. The third kappa shape index (κ3) is 0.960. The van der Waals surface area contributed by atoms with Gasteiger partial charge in [-0.25, -0.2) is 9.98 Å². The van der Waals surface area contributed by atoms with Crippen LogP contribution < -0.4 is 5.32 Å². The molecule has 1 atom stereocenters. The average molecular weight is 149 g/mol. The molecule has 2 aliphatic heterocycles. The topological polar surface area (TPSA) is 53.8 Å². The lowest BCUT2D eigenvalue weighted by Gasteiger charge is -2.20. The number of fused-ring (bicyclic) bond motifs is 1. The molecule has 4 nitrogen and oxygen atoms in total. The summed E-state index contributed by atoms with van der Waals surface area (Å²) in [6.45, 7) is 0. The van der Waals surface area contributed by atoms with Crippen LogP contribution in [0.25, 0.3) is 0 Å². The van der Waals surface area contributed by atoms with Gasteiger partial charge >= 0.3 is 0 Å². The second kappa shape index (κ2) is 2.30. The summed E-state index contributed by atoms with van der Waals surface area (Å²) in [6.07, 6.45) is 5.57. The summed E-state index contributed by atoms with van der Waals surface area (Å²) in [4.78, 5) is 18.6. The molecule has 0 aromatic carbocycles. The standard InChI is InChI=1S/C7H7N3O/c11-7-6-5(1-2-9-7)3-8-4-10-6/h2-4,6H,1H2,(H,8,10). The first kappa shape index (κ1) is 6.27. The lowest BCUT2D eigenvalue weighted by molar-refractivity contribution is -0.118. The minimum Gasteiger partial charge on any atom is -0.361 e. The van der Waals surface area contributed by atoms with Crippen molar-refractivity contribution in [3.8, 4) is 0 Å². The summed E-state index contributed by atoms with van der Waals surface area (Å²) in [7, 11) is 0. The molecular weight excluding hydrogens is 142 g/mol. The van der Waals surface area contributed by atoms with Crippen LogP contribution in [0.5, 0.6) is 0 Å². The third-order valence-corrected chi connectivity index (χ3v) is 1.72. The molecule has 1 N–H and O–H groups in total. The first-order chi connectivity index (χ1) is 5.38. The Balaban J connectivity index is 2.34. The second-order valence-electron chi connectivity index (χ2n) is 2.44. The molecule has 56 valence electrons. The maximum Gasteiger partial charge on any atom is 0.272 e. The Labute approximate surface area is 63.7 Å². The summed E-state index contributed by atoms with van der Waals surface area (Å²) >= 11 is 0. The molecule has 0 aromatic rings. The molecule has 11 heavy (non-hydrogen) atoms. The molecule has 0 aliphatic carbocycles. The molecule has 0 saturated carbocycles. The van der Waals surface area contributed by atoms with Gasteiger partial charge in [0, 0.05) is 18.8 Å². The van der Waals surface area contributed by atoms with Crippen LogP contribution in [0.2, 0.25) is 0 Å². The van der Waals surface area contributed by atoms with Crippen LogP contribution >= 0.6 is 0 Å². The van der Waals surface area contributed by atoms with Gasteiger partial charge in [0.2, 0.25) is 0 Å². The van der Waals surface area contributed by atoms with Crippen LogP contribution in [-0.2, 0) is 4.79 Å². The lowest BCUT2D eigenvalue weighted by atomic mass is 10.0. The highest BCUT2D eigenvalue weighted by molar-refractivity contribution is 5.97. The molecule has 0 fully saturated rings. The zero-order chi connectivity index (χ0) is 7.68. The van der Waals surface area contributed by atoms with Gasteiger partial charge in [-0.15, -0.1) is 0 Å². The molecule has 0 saturated heterocycles. The first-order valence-corrected chi connectivity index (χ1v) is 3.41. The fraction of sp³-hybridized carbons (Fsp3) is 0.286. The highest BCUT2D eigenvalue weighted by Crippen LogP contribution is 2.14. The van der Waals surface area contributed by atoms with E-state index in [1.165, 1.54) is 6.34 Å². The van der Waals surface area contributed by atoms with E-state index in [0.717, 1.165) is 12.0 Å². The highest BCUT2D eigenvalue weighted by atomic mass is 16.1. The van der Waals surface area contributed by atoms with Gasteiger partial charge < -0.3 is 5.32 Å². The zero-order valence-electron chi connectivity index (χ0n) is 5.82. The number of amides is 1. The fourth-order valence-electron chi connectivity index (χ4n) is 1.15. The number of nitrogens with one attached hydrogen (secondary N) is 1. The van der Waals surface area contributed by atoms with Gasteiger partial charge in [0.1, 0.15) is 6.04 Å². The van der Waals surface area contributed by atoms with Crippen molar-refractivity contribution in [1.82, 2.24) is 5.32 Å². The summed E-state index contributed by atoms with van der Waals surface area (Å²) in [5.74, 6) is -0.131. The van der Waals surface area contributed by atoms with Gasteiger partial charge in [0.15, 0.2) is 0 Å². The molecule has 2 rings (SSSR count). The molecule has 0 radical (unpaired) electrons. The number of carbonyl (C=O) groups is 1. The molecule has 2 aliphatic rings. The van der Waals surface area contributed by atoms with E-state index in [-0.39, 0.29) is 11.9 Å². The molecule has 1 amide bonds. The Bertz CT molecular complexity index is 277. The van der Waals surface area contributed by atoms with Crippen molar-refractivity contribution in [2.24, 2.45) is 9.98 Å². The van der Waals surface area contributed by atoms with Crippen molar-refractivity contribution in [2.45, 2.75) is 12.5 Å². The monoisotopic (exact) mass is 149 g/mol. The molecular formula is C7H7N3O. The summed E-state index contributed by atoms with van der Waals surface area (Å²) in [5, 5.41) is 2.85. The summed E-state index contributed by atoms with van der Waals surface area (Å²) in [6, 6.07) is -0.252. The highest BCUT2D eigenvalue weighted by Gasteiger charge is 2.24. The number of hydrogen-bond donors (Lipinski definition) is 1. The van der Waals surface area contributed by atoms with Crippen molar-refractivity contribution < 1.29 is 4.79 Å². The van der Waals surface area contributed by atoms with Crippen LogP contribution in [0.15, 0.2) is 21.8 Å². The molecule has 4 heteroatoms. The number of carbonyl (C=O) groups excluding carboxylic acids is 1. The van der Waals surface area contributed by atoms with Crippen LogP contribution in [-0.4, -0.2) is 24.5 Å². The van der Waals surface area contributed by atoms with E-state index in [1.54, 1.807) is 12.4 Å². The van der Waals surface area contributed by atoms with Crippen molar-refractivity contribution in [3.05, 3.63) is 11.8 Å². The molecule has 0 aromatic heterocycles. The van der Waals surface area contributed by atoms with Crippen LogP contribution in [0, 0.1) is 0 Å². The Morgan fingerprint density at radius 2 is 2.55 bits per heavy atom. The van der Waals surface area contributed by atoms with Crippen LogP contribution in [0.3, 0.4) is 0 Å². The van der Waals surface area contributed by atoms with E-state index in [0.29, 0.717) is 0 Å². The van der Waals surface area contributed by atoms with E-state index >= 15 is 0 Å². The van der Waals surface area contributed by atoms with Gasteiger partial charge in [0.25, 0.3) is 5.91 Å². The predicted octanol–water partition coefficient (Wildman–Crippen LogP) is -0.129. The minimum atomic E-state index is -0.252. The predicted molar refractivity (Wildman–Crippen MR) is 41.6 cm³/mol. The fourth-order valence-corrected chi connectivity index (χ4v) is 1.15. The van der Waals surface area contributed by atoms with Gasteiger partial charge in [-0.1, -0.05) is 0 Å². The van der Waals surface area contributed by atoms with Crippen molar-refractivity contribution in [1.29, 1.82) is 0 Å². The van der Waals surface area contributed by atoms with Crippen LogP contribution in [0.4, 0.5) is 0 Å². The Kier molecular flexibility index (Phi) is 1.31. The lowest BCUT2D eigenvalue weighted by Crippen LogP contribution is -2.40. The SMILES string of the molecule is O=C1N=CCC2=CN=CNC12. The van der Waals surface area contributed by atoms with Crippen molar-refractivity contribution >= 4 is 18.5 Å². The minimum absolute atomic E-state index is 0.131. The molecule has 0 spiro atoms.